The summed E-state index contributed by atoms with van der Waals surface area (Å²) in [6.45, 7) is 0. The van der Waals surface area contributed by atoms with Gasteiger partial charge in [-0.2, -0.15) is 5.10 Å². The van der Waals surface area contributed by atoms with Crippen molar-refractivity contribution in [3.63, 3.8) is 0 Å². The third kappa shape index (κ3) is 3.80. The van der Waals surface area contributed by atoms with Crippen molar-refractivity contribution in [1.82, 2.24) is 10.7 Å². The van der Waals surface area contributed by atoms with Gasteiger partial charge < -0.3 is 10.4 Å². The minimum atomic E-state index is -0.0739. The van der Waals surface area contributed by atoms with E-state index in [1.165, 1.54) is 23.4 Å². The number of nitrogens with one attached hydrogen (secondary N) is 2. The quantitative estimate of drug-likeness (QED) is 0.425. The number of hydrogen-bond acceptors (Lipinski definition) is 3. The second-order valence-electron chi connectivity index (χ2n) is 5.46. The topological polar surface area (TPSA) is 56.7 Å². The molecule has 1 atom stereocenters. The van der Waals surface area contributed by atoms with Crippen molar-refractivity contribution in [2.24, 2.45) is 5.10 Å². The van der Waals surface area contributed by atoms with Crippen molar-refractivity contribution < 1.29 is 5.11 Å². The maximum Gasteiger partial charge on any atom is 0.187 e. The Hall–Kier alpha value is -1.82. The van der Waals surface area contributed by atoms with Crippen LogP contribution in [0.5, 0.6) is 5.75 Å². The van der Waals surface area contributed by atoms with Gasteiger partial charge in [0, 0.05) is 10.6 Å². The van der Waals surface area contributed by atoms with E-state index in [1.807, 2.05) is 12.1 Å². The third-order valence-corrected chi connectivity index (χ3v) is 4.58. The van der Waals surface area contributed by atoms with Crippen LogP contribution in [0.25, 0.3) is 0 Å². The van der Waals surface area contributed by atoms with E-state index in [2.05, 4.69) is 28.0 Å². The molecule has 0 aromatic heterocycles. The molecule has 0 radical (unpaired) electrons. The third-order valence-electron chi connectivity index (χ3n) is 3.87. The van der Waals surface area contributed by atoms with E-state index in [1.54, 1.807) is 6.07 Å². The minimum Gasteiger partial charge on any atom is -0.506 e. The number of nitrogens with zero attached hydrogens (tertiary/aromatic N) is 1. The average Bonchev–Trinajstić information content (AvgIpc) is 2.95. The van der Waals surface area contributed by atoms with Gasteiger partial charge in [0.2, 0.25) is 0 Å². The number of thiocarbonyl (C=S) groups is 1. The molecule has 3 rings (SSSR count). The van der Waals surface area contributed by atoms with Crippen molar-refractivity contribution in [3.05, 3.63) is 63.1 Å². The first-order valence-corrected chi connectivity index (χ1v) is 8.56. The number of rotatable bonds is 3. The van der Waals surface area contributed by atoms with E-state index in [-0.39, 0.29) is 16.8 Å². The van der Waals surface area contributed by atoms with Crippen LogP contribution in [0.4, 0.5) is 0 Å². The lowest BCUT2D eigenvalue weighted by molar-refractivity contribution is 0.474. The number of aromatic hydroxyl groups is 1. The van der Waals surface area contributed by atoms with E-state index in [0.717, 1.165) is 12.8 Å². The molecule has 0 fully saturated rings. The Morgan fingerprint density at radius 2 is 2.08 bits per heavy atom. The van der Waals surface area contributed by atoms with Crippen LogP contribution in [0, 0.1) is 0 Å². The number of hydrazone groups is 1. The van der Waals surface area contributed by atoms with Crippen LogP contribution >= 0.6 is 35.4 Å². The van der Waals surface area contributed by atoms with Crippen molar-refractivity contribution in [1.29, 1.82) is 0 Å². The second kappa shape index (κ2) is 7.38. The second-order valence-corrected chi connectivity index (χ2v) is 6.71. The van der Waals surface area contributed by atoms with E-state index in [0.29, 0.717) is 15.7 Å². The zero-order valence-electron chi connectivity index (χ0n) is 12.6. The first kappa shape index (κ1) is 17.0. The van der Waals surface area contributed by atoms with Gasteiger partial charge in [-0.15, -0.1) is 0 Å². The van der Waals surface area contributed by atoms with Crippen LogP contribution in [-0.4, -0.2) is 16.4 Å². The summed E-state index contributed by atoms with van der Waals surface area (Å²) >= 11 is 17.0. The smallest absolute Gasteiger partial charge is 0.187 e. The summed E-state index contributed by atoms with van der Waals surface area (Å²) < 4.78 is 0. The van der Waals surface area contributed by atoms with Crippen LogP contribution in [0.2, 0.25) is 10.0 Å². The molecule has 2 aromatic carbocycles. The summed E-state index contributed by atoms with van der Waals surface area (Å²) in [4.78, 5) is 0. The number of fused-ring (bicyclic) bond motifs is 1. The highest BCUT2D eigenvalue weighted by molar-refractivity contribution is 7.80. The molecule has 1 aliphatic carbocycles. The predicted molar refractivity (Wildman–Crippen MR) is 102 cm³/mol. The molecule has 7 heteroatoms. The summed E-state index contributed by atoms with van der Waals surface area (Å²) in [6.07, 6.45) is 3.45. The van der Waals surface area contributed by atoms with Gasteiger partial charge in [0.25, 0.3) is 0 Å². The summed E-state index contributed by atoms with van der Waals surface area (Å²) in [5.41, 5.74) is 5.77. The molecule has 1 unspecified atom stereocenters. The molecule has 2 aromatic rings. The number of aryl methyl sites for hydroxylation is 1. The fraction of sp³-hybridized carbons (Fsp3) is 0.176. The van der Waals surface area contributed by atoms with Crippen molar-refractivity contribution in [3.8, 4) is 5.75 Å². The van der Waals surface area contributed by atoms with E-state index >= 15 is 0 Å². The van der Waals surface area contributed by atoms with E-state index in [9.17, 15) is 5.11 Å². The molecule has 0 bridgehead atoms. The van der Waals surface area contributed by atoms with Crippen molar-refractivity contribution in [2.75, 3.05) is 0 Å². The molecular weight excluding hydrogens is 365 g/mol. The fourth-order valence-electron chi connectivity index (χ4n) is 2.74. The number of phenolic OH excluding ortho intramolecular Hbond substituents is 1. The Bertz CT molecular complexity index is 810. The largest absolute Gasteiger partial charge is 0.506 e. The van der Waals surface area contributed by atoms with Gasteiger partial charge in [0.05, 0.1) is 17.3 Å². The zero-order valence-corrected chi connectivity index (χ0v) is 14.9. The van der Waals surface area contributed by atoms with Crippen LogP contribution in [0.3, 0.4) is 0 Å². The van der Waals surface area contributed by atoms with Gasteiger partial charge >= 0.3 is 0 Å². The monoisotopic (exact) mass is 379 g/mol. The SMILES string of the molecule is Oc1c(Cl)cc(Cl)cc1C=NNC(=S)NC1CCc2ccccc21. The lowest BCUT2D eigenvalue weighted by atomic mass is 10.1. The molecule has 4 nitrogen and oxygen atoms in total. The Morgan fingerprint density at radius 3 is 2.92 bits per heavy atom. The lowest BCUT2D eigenvalue weighted by Crippen LogP contribution is -2.34. The Kier molecular flexibility index (Phi) is 5.23. The van der Waals surface area contributed by atoms with E-state index in [4.69, 9.17) is 35.4 Å². The number of phenols is 1. The molecule has 0 saturated carbocycles. The maximum absolute atomic E-state index is 9.87. The van der Waals surface area contributed by atoms with Gasteiger partial charge in [-0.1, -0.05) is 47.5 Å². The molecule has 24 heavy (non-hydrogen) atoms. The molecule has 0 heterocycles. The highest BCUT2D eigenvalue weighted by atomic mass is 35.5. The highest BCUT2D eigenvalue weighted by Gasteiger charge is 2.22. The average molecular weight is 380 g/mol. The molecule has 0 amide bonds. The van der Waals surface area contributed by atoms with Gasteiger partial charge in [0.15, 0.2) is 5.11 Å². The molecule has 124 valence electrons. The van der Waals surface area contributed by atoms with Crippen molar-refractivity contribution >= 4 is 46.7 Å². The predicted octanol–water partition coefficient (Wildman–Crippen LogP) is 4.18. The highest BCUT2D eigenvalue weighted by Crippen LogP contribution is 2.31. The number of hydrogen-bond donors (Lipinski definition) is 3. The summed E-state index contributed by atoms with van der Waals surface area (Å²) in [5.74, 6) is -0.0739. The van der Waals surface area contributed by atoms with Gasteiger partial charge in [0.1, 0.15) is 5.75 Å². The summed E-state index contributed by atoms with van der Waals surface area (Å²) in [6, 6.07) is 11.5. The normalized spacial score (nSPS) is 16.2. The van der Waals surface area contributed by atoms with Crippen LogP contribution in [-0.2, 0) is 6.42 Å². The number of benzene rings is 2. The summed E-state index contributed by atoms with van der Waals surface area (Å²) in [5, 5.41) is 18.2. The van der Waals surface area contributed by atoms with Gasteiger partial charge in [-0.25, -0.2) is 0 Å². The molecule has 3 N–H and O–H groups in total. The summed E-state index contributed by atoms with van der Waals surface area (Å²) in [7, 11) is 0. The molecular formula is C17H15Cl2N3OS. The van der Waals surface area contributed by atoms with Gasteiger partial charge in [-0.3, -0.25) is 5.43 Å². The van der Waals surface area contributed by atoms with Crippen molar-refractivity contribution in [2.45, 2.75) is 18.9 Å². The van der Waals surface area contributed by atoms with E-state index < -0.39 is 0 Å². The molecule has 0 spiro atoms. The minimum absolute atomic E-state index is 0.0739. The molecule has 0 aliphatic heterocycles. The maximum atomic E-state index is 9.87. The lowest BCUT2D eigenvalue weighted by Gasteiger charge is -2.15. The van der Waals surface area contributed by atoms with Crippen LogP contribution in [0.1, 0.15) is 29.2 Å². The number of halogens is 2. The Morgan fingerprint density at radius 1 is 1.29 bits per heavy atom. The Balaban J connectivity index is 1.61. The van der Waals surface area contributed by atoms with Gasteiger partial charge in [-0.05, 0) is 48.3 Å². The fourth-order valence-corrected chi connectivity index (χ4v) is 3.45. The molecule has 1 aliphatic rings. The first-order valence-electron chi connectivity index (χ1n) is 7.40. The molecule has 0 saturated heterocycles. The standard InChI is InChI=1S/C17H15Cl2N3OS/c18-12-7-11(16(23)14(19)8-12)9-20-22-17(24)21-15-6-5-10-3-1-2-4-13(10)15/h1-4,7-9,15,23H,5-6H2,(H2,21,22,24). The first-order chi connectivity index (χ1) is 11.5. The van der Waals surface area contributed by atoms with Crippen LogP contribution in [0.15, 0.2) is 41.5 Å². The Labute approximate surface area is 155 Å². The van der Waals surface area contributed by atoms with Crippen LogP contribution < -0.4 is 10.7 Å². The zero-order chi connectivity index (χ0) is 17.1.